The Balaban J connectivity index is 1.81. The van der Waals surface area contributed by atoms with Crippen LogP contribution in [-0.2, 0) is 6.54 Å². The van der Waals surface area contributed by atoms with E-state index in [1.165, 1.54) is 0 Å². The van der Waals surface area contributed by atoms with Crippen LogP contribution in [0.1, 0.15) is 5.56 Å². The van der Waals surface area contributed by atoms with Gasteiger partial charge < -0.3 is 9.84 Å². The number of halogens is 2. The molecule has 1 N–H and O–H groups in total. The molecule has 0 aliphatic carbocycles. The number of hydrogen-bond acceptors (Lipinski definition) is 4. The molecule has 2 aromatic rings. The summed E-state index contributed by atoms with van der Waals surface area (Å²) >= 11 is 12.0. The highest BCUT2D eigenvalue weighted by atomic mass is 35.5. The highest BCUT2D eigenvalue weighted by Gasteiger charge is 2.12. The summed E-state index contributed by atoms with van der Waals surface area (Å²) in [5, 5.41) is 10.9. The largest absolute Gasteiger partial charge is 0.488 e. The quantitative estimate of drug-likeness (QED) is 0.840. The standard InChI is InChI=1S/C16H18Cl2N2O2/c1-20(9-12-4-3-7-19-8-12)10-13(21)11-22-16-14(17)5-2-6-15(16)18/h2-8,13,21H,9-11H2,1H3. The Morgan fingerprint density at radius 3 is 2.59 bits per heavy atom. The number of benzene rings is 1. The first-order valence-electron chi connectivity index (χ1n) is 6.88. The molecule has 1 atom stereocenters. The second-order valence-corrected chi connectivity index (χ2v) is 5.89. The molecule has 118 valence electrons. The van der Waals surface area contributed by atoms with Crippen molar-refractivity contribution in [1.82, 2.24) is 9.88 Å². The molecule has 4 nitrogen and oxygen atoms in total. The summed E-state index contributed by atoms with van der Waals surface area (Å²) in [6.07, 6.45) is 2.90. The highest BCUT2D eigenvalue weighted by molar-refractivity contribution is 6.37. The van der Waals surface area contributed by atoms with Crippen LogP contribution >= 0.6 is 23.2 Å². The van der Waals surface area contributed by atoms with Crippen molar-refractivity contribution in [3.63, 3.8) is 0 Å². The molecule has 1 aromatic heterocycles. The van der Waals surface area contributed by atoms with Crippen LogP contribution in [0.4, 0.5) is 0 Å². The molecular weight excluding hydrogens is 323 g/mol. The van der Waals surface area contributed by atoms with Gasteiger partial charge in [-0.25, -0.2) is 0 Å². The van der Waals surface area contributed by atoms with Crippen LogP contribution in [0.25, 0.3) is 0 Å². The first kappa shape index (κ1) is 17.0. The van der Waals surface area contributed by atoms with Gasteiger partial charge in [0.1, 0.15) is 12.7 Å². The fraction of sp³-hybridized carbons (Fsp3) is 0.312. The lowest BCUT2D eigenvalue weighted by atomic mass is 10.2. The molecule has 2 rings (SSSR count). The smallest absolute Gasteiger partial charge is 0.156 e. The molecule has 0 saturated heterocycles. The summed E-state index contributed by atoms with van der Waals surface area (Å²) in [6, 6.07) is 9.03. The van der Waals surface area contributed by atoms with Crippen LogP contribution in [0.3, 0.4) is 0 Å². The number of hydrogen-bond donors (Lipinski definition) is 1. The Morgan fingerprint density at radius 2 is 1.95 bits per heavy atom. The Hall–Kier alpha value is -1.33. The number of nitrogens with zero attached hydrogens (tertiary/aromatic N) is 2. The molecule has 0 fully saturated rings. The Bertz CT molecular complexity index is 576. The van der Waals surface area contributed by atoms with Crippen LogP contribution in [-0.4, -0.2) is 41.3 Å². The zero-order chi connectivity index (χ0) is 15.9. The maximum atomic E-state index is 10.1. The number of pyridine rings is 1. The number of para-hydroxylation sites is 1. The number of aliphatic hydroxyl groups excluding tert-OH is 1. The first-order chi connectivity index (χ1) is 10.6. The van der Waals surface area contributed by atoms with E-state index >= 15 is 0 Å². The van der Waals surface area contributed by atoms with Crippen LogP contribution < -0.4 is 4.74 Å². The van der Waals surface area contributed by atoms with Crippen LogP contribution in [0.2, 0.25) is 10.0 Å². The highest BCUT2D eigenvalue weighted by Crippen LogP contribution is 2.32. The third kappa shape index (κ3) is 5.14. The molecule has 1 unspecified atom stereocenters. The first-order valence-corrected chi connectivity index (χ1v) is 7.64. The average Bonchev–Trinajstić information content (AvgIpc) is 2.47. The van der Waals surface area contributed by atoms with Gasteiger partial charge in [-0.15, -0.1) is 0 Å². The van der Waals surface area contributed by atoms with Crippen molar-refractivity contribution >= 4 is 23.2 Å². The molecule has 1 aromatic carbocycles. The number of aliphatic hydroxyl groups is 1. The topological polar surface area (TPSA) is 45.6 Å². The number of ether oxygens (including phenoxy) is 1. The molecule has 0 aliphatic rings. The van der Waals surface area contributed by atoms with E-state index in [9.17, 15) is 5.11 Å². The lowest BCUT2D eigenvalue weighted by molar-refractivity contribution is 0.0744. The van der Waals surface area contributed by atoms with Gasteiger partial charge in [0.2, 0.25) is 0 Å². The minimum absolute atomic E-state index is 0.126. The predicted octanol–water partition coefficient (Wildman–Crippen LogP) is 3.26. The molecule has 1 heterocycles. The van der Waals surface area contributed by atoms with E-state index in [0.29, 0.717) is 28.9 Å². The van der Waals surface area contributed by atoms with Gasteiger partial charge in [-0.05, 0) is 30.8 Å². The molecule has 0 spiro atoms. The lowest BCUT2D eigenvalue weighted by Gasteiger charge is -2.21. The molecule has 0 amide bonds. The Labute approximate surface area is 140 Å². The molecule has 6 heteroatoms. The number of likely N-dealkylation sites (N-methyl/N-ethyl adjacent to an activating group) is 1. The van der Waals surface area contributed by atoms with Gasteiger partial charge in [-0.2, -0.15) is 0 Å². The van der Waals surface area contributed by atoms with E-state index in [0.717, 1.165) is 5.56 Å². The van der Waals surface area contributed by atoms with Gasteiger partial charge in [0.25, 0.3) is 0 Å². The van der Waals surface area contributed by atoms with E-state index in [4.69, 9.17) is 27.9 Å². The van der Waals surface area contributed by atoms with Crippen molar-refractivity contribution in [2.75, 3.05) is 20.2 Å². The monoisotopic (exact) mass is 340 g/mol. The van der Waals surface area contributed by atoms with Crippen molar-refractivity contribution in [2.24, 2.45) is 0 Å². The van der Waals surface area contributed by atoms with Gasteiger partial charge in [0.15, 0.2) is 5.75 Å². The summed E-state index contributed by atoms with van der Waals surface area (Å²) in [4.78, 5) is 6.07. The molecule has 0 bridgehead atoms. The SMILES string of the molecule is CN(Cc1cccnc1)CC(O)COc1c(Cl)cccc1Cl. The van der Waals surface area contributed by atoms with E-state index in [1.807, 2.05) is 30.3 Å². The van der Waals surface area contributed by atoms with Crippen molar-refractivity contribution in [3.8, 4) is 5.75 Å². The zero-order valence-corrected chi connectivity index (χ0v) is 13.8. The molecular formula is C16H18Cl2N2O2. The minimum Gasteiger partial charge on any atom is -0.488 e. The Morgan fingerprint density at radius 1 is 1.23 bits per heavy atom. The van der Waals surface area contributed by atoms with Gasteiger partial charge in [-0.1, -0.05) is 35.3 Å². The van der Waals surface area contributed by atoms with Gasteiger partial charge in [-0.3, -0.25) is 9.88 Å². The summed E-state index contributed by atoms with van der Waals surface area (Å²) in [5.41, 5.74) is 1.09. The fourth-order valence-electron chi connectivity index (χ4n) is 2.08. The minimum atomic E-state index is -0.644. The third-order valence-corrected chi connectivity index (χ3v) is 3.63. The predicted molar refractivity (Wildman–Crippen MR) is 88.5 cm³/mol. The normalized spacial score (nSPS) is 12.4. The number of rotatable bonds is 7. The van der Waals surface area contributed by atoms with Crippen LogP contribution in [0.5, 0.6) is 5.75 Å². The van der Waals surface area contributed by atoms with Crippen molar-refractivity contribution in [3.05, 3.63) is 58.3 Å². The molecule has 22 heavy (non-hydrogen) atoms. The maximum absolute atomic E-state index is 10.1. The van der Waals surface area contributed by atoms with Crippen molar-refractivity contribution < 1.29 is 9.84 Å². The molecule has 0 aliphatic heterocycles. The van der Waals surface area contributed by atoms with Crippen molar-refractivity contribution in [1.29, 1.82) is 0 Å². The zero-order valence-electron chi connectivity index (χ0n) is 12.2. The van der Waals surface area contributed by atoms with Crippen LogP contribution in [0.15, 0.2) is 42.7 Å². The van der Waals surface area contributed by atoms with Crippen molar-refractivity contribution in [2.45, 2.75) is 12.6 Å². The van der Waals surface area contributed by atoms with Gasteiger partial charge in [0, 0.05) is 25.5 Å². The summed E-state index contributed by atoms with van der Waals surface area (Å²) in [6.45, 7) is 1.30. The second kappa shape index (κ2) is 8.34. The van der Waals surface area contributed by atoms with E-state index in [1.54, 1.807) is 24.4 Å². The van der Waals surface area contributed by atoms with E-state index in [2.05, 4.69) is 4.98 Å². The van der Waals surface area contributed by atoms with Crippen LogP contribution in [0, 0.1) is 0 Å². The summed E-state index contributed by atoms with van der Waals surface area (Å²) in [7, 11) is 1.93. The maximum Gasteiger partial charge on any atom is 0.156 e. The Kier molecular flexibility index (Phi) is 6.46. The summed E-state index contributed by atoms with van der Waals surface area (Å²) < 4.78 is 5.53. The lowest BCUT2D eigenvalue weighted by Crippen LogP contribution is -2.32. The number of aromatic nitrogens is 1. The second-order valence-electron chi connectivity index (χ2n) is 5.07. The summed E-state index contributed by atoms with van der Waals surface area (Å²) in [5.74, 6) is 0.403. The fourth-order valence-corrected chi connectivity index (χ4v) is 2.59. The van der Waals surface area contributed by atoms with E-state index in [-0.39, 0.29) is 6.61 Å². The third-order valence-electron chi connectivity index (χ3n) is 3.04. The van der Waals surface area contributed by atoms with Gasteiger partial charge in [0.05, 0.1) is 10.0 Å². The van der Waals surface area contributed by atoms with Gasteiger partial charge >= 0.3 is 0 Å². The molecule has 0 saturated carbocycles. The molecule has 0 radical (unpaired) electrons. The van der Waals surface area contributed by atoms with E-state index < -0.39 is 6.10 Å². The average molecular weight is 341 g/mol.